The second kappa shape index (κ2) is 6.45. The molecule has 6 nitrogen and oxygen atoms in total. The van der Waals surface area contributed by atoms with E-state index in [2.05, 4.69) is 0 Å². The fraction of sp³-hybridized carbons (Fsp3) is 0.500. The van der Waals surface area contributed by atoms with Gasteiger partial charge in [0.1, 0.15) is 5.60 Å². The number of fused-ring (bicyclic) bond motifs is 4. The Labute approximate surface area is 175 Å². The Morgan fingerprint density at radius 2 is 1.90 bits per heavy atom. The number of ketones is 3. The van der Waals surface area contributed by atoms with Crippen molar-refractivity contribution in [3.05, 3.63) is 47.1 Å². The number of hydrogen-bond donors (Lipinski definition) is 1. The van der Waals surface area contributed by atoms with Crippen LogP contribution in [-0.4, -0.2) is 40.6 Å². The normalized spacial score (nSPS) is 39.3. The van der Waals surface area contributed by atoms with E-state index >= 15 is 0 Å². The van der Waals surface area contributed by atoms with Crippen LogP contribution in [0.2, 0.25) is 0 Å². The van der Waals surface area contributed by atoms with Crippen LogP contribution in [0.15, 0.2) is 47.1 Å². The molecule has 0 bridgehead atoms. The molecule has 1 saturated carbocycles. The van der Waals surface area contributed by atoms with Crippen LogP contribution < -0.4 is 0 Å². The van der Waals surface area contributed by atoms with E-state index in [1.54, 1.807) is 26.0 Å². The van der Waals surface area contributed by atoms with Gasteiger partial charge in [-0.1, -0.05) is 32.1 Å². The van der Waals surface area contributed by atoms with Crippen LogP contribution in [-0.2, 0) is 23.9 Å². The third-order valence-corrected chi connectivity index (χ3v) is 7.68. The quantitative estimate of drug-likeness (QED) is 0.718. The molecular formula is C24H26O6. The van der Waals surface area contributed by atoms with Gasteiger partial charge in [-0.25, -0.2) is 0 Å². The van der Waals surface area contributed by atoms with E-state index in [1.165, 1.54) is 13.0 Å². The first kappa shape index (κ1) is 20.7. The van der Waals surface area contributed by atoms with Gasteiger partial charge in [0.25, 0.3) is 0 Å². The smallest absolute Gasteiger partial charge is 0.303 e. The minimum atomic E-state index is -1.77. The zero-order chi connectivity index (χ0) is 22.1. The first-order valence-electron chi connectivity index (χ1n) is 10.3. The van der Waals surface area contributed by atoms with Crippen LogP contribution in [0.3, 0.4) is 0 Å². The molecule has 4 rings (SSSR count). The number of Topliss-reactive ketones (excluding diaryl/α,β-unsaturated/α-hetero) is 2. The molecule has 0 radical (unpaired) electrons. The molecule has 158 valence electrons. The van der Waals surface area contributed by atoms with Gasteiger partial charge in [-0.2, -0.15) is 0 Å². The summed E-state index contributed by atoms with van der Waals surface area (Å²) in [6.07, 6.45) is 9.10. The molecule has 1 unspecified atom stereocenters. The first-order chi connectivity index (χ1) is 13.9. The largest absolute Gasteiger partial charge is 0.458 e. The van der Waals surface area contributed by atoms with E-state index < -0.39 is 40.7 Å². The van der Waals surface area contributed by atoms with Crippen molar-refractivity contribution >= 4 is 23.3 Å². The summed E-state index contributed by atoms with van der Waals surface area (Å²) in [5, 5.41) is 11.6. The summed E-state index contributed by atoms with van der Waals surface area (Å²) in [4.78, 5) is 49.5. The maximum atomic E-state index is 13.5. The van der Waals surface area contributed by atoms with Gasteiger partial charge in [-0.05, 0) is 48.5 Å². The van der Waals surface area contributed by atoms with Gasteiger partial charge in [-0.3, -0.25) is 19.2 Å². The van der Waals surface area contributed by atoms with E-state index in [1.807, 2.05) is 19.1 Å². The average molecular weight is 410 g/mol. The van der Waals surface area contributed by atoms with E-state index in [0.29, 0.717) is 12.0 Å². The average Bonchev–Trinajstić information content (AvgIpc) is 2.87. The van der Waals surface area contributed by atoms with E-state index in [9.17, 15) is 24.3 Å². The molecule has 4 aliphatic carbocycles. The number of aliphatic hydroxyl groups is 1. The number of esters is 1. The van der Waals surface area contributed by atoms with Gasteiger partial charge in [0.2, 0.25) is 5.78 Å². The maximum absolute atomic E-state index is 13.5. The Kier molecular flexibility index (Phi) is 4.44. The monoisotopic (exact) mass is 410 g/mol. The van der Waals surface area contributed by atoms with Gasteiger partial charge < -0.3 is 9.84 Å². The highest BCUT2D eigenvalue weighted by Crippen LogP contribution is 2.64. The lowest BCUT2D eigenvalue weighted by molar-refractivity contribution is -0.167. The molecule has 0 spiro atoms. The molecule has 6 heteroatoms. The van der Waals surface area contributed by atoms with Gasteiger partial charge in [0.15, 0.2) is 18.2 Å². The van der Waals surface area contributed by atoms with Crippen LogP contribution >= 0.6 is 0 Å². The second-order valence-corrected chi connectivity index (χ2v) is 9.38. The molecule has 0 aromatic carbocycles. The summed E-state index contributed by atoms with van der Waals surface area (Å²) >= 11 is 0. The lowest BCUT2D eigenvalue weighted by Crippen LogP contribution is -2.58. The highest BCUT2D eigenvalue weighted by molar-refractivity contribution is 6.07. The van der Waals surface area contributed by atoms with Crippen molar-refractivity contribution in [2.45, 2.75) is 46.1 Å². The van der Waals surface area contributed by atoms with E-state index in [0.717, 1.165) is 11.1 Å². The van der Waals surface area contributed by atoms with Gasteiger partial charge in [0.05, 0.1) is 0 Å². The Balaban J connectivity index is 1.81. The van der Waals surface area contributed by atoms with Crippen LogP contribution in [0.1, 0.15) is 40.5 Å². The Morgan fingerprint density at radius 3 is 2.57 bits per heavy atom. The van der Waals surface area contributed by atoms with Gasteiger partial charge >= 0.3 is 5.97 Å². The maximum Gasteiger partial charge on any atom is 0.303 e. The molecule has 0 saturated heterocycles. The molecule has 0 amide bonds. The predicted molar refractivity (Wildman–Crippen MR) is 108 cm³/mol. The molecular weight excluding hydrogens is 384 g/mol. The van der Waals surface area contributed by atoms with Crippen molar-refractivity contribution in [3.63, 3.8) is 0 Å². The summed E-state index contributed by atoms with van der Waals surface area (Å²) in [5.74, 6) is -2.01. The highest BCUT2D eigenvalue weighted by Gasteiger charge is 2.67. The van der Waals surface area contributed by atoms with Crippen molar-refractivity contribution < 1.29 is 29.0 Å². The number of ether oxygens (including phenoxy) is 1. The Bertz CT molecular complexity index is 1010. The molecule has 0 aliphatic heterocycles. The number of carbonyl (C=O) groups excluding carboxylic acids is 4. The molecule has 30 heavy (non-hydrogen) atoms. The summed E-state index contributed by atoms with van der Waals surface area (Å²) in [7, 11) is 0. The number of rotatable bonds is 3. The topological polar surface area (TPSA) is 97.7 Å². The molecule has 1 fully saturated rings. The number of allylic oxidation sites excluding steroid dienone is 8. The van der Waals surface area contributed by atoms with Crippen LogP contribution in [0.5, 0.6) is 0 Å². The van der Waals surface area contributed by atoms with Crippen molar-refractivity contribution in [1.82, 2.24) is 0 Å². The minimum absolute atomic E-state index is 0.0155. The van der Waals surface area contributed by atoms with Crippen molar-refractivity contribution in [1.29, 1.82) is 0 Å². The summed E-state index contributed by atoms with van der Waals surface area (Å²) in [6.45, 7) is 6.22. The summed E-state index contributed by atoms with van der Waals surface area (Å²) in [5.41, 5.74) is -1.22. The molecule has 0 aromatic rings. The fourth-order valence-corrected chi connectivity index (χ4v) is 6.08. The summed E-state index contributed by atoms with van der Waals surface area (Å²) < 4.78 is 4.88. The molecule has 0 heterocycles. The predicted octanol–water partition coefficient (Wildman–Crippen LogP) is 2.42. The number of carbonyl (C=O) groups is 4. The van der Waals surface area contributed by atoms with Crippen LogP contribution in [0.4, 0.5) is 0 Å². The van der Waals surface area contributed by atoms with Crippen molar-refractivity contribution in [2.24, 2.45) is 22.7 Å². The van der Waals surface area contributed by atoms with E-state index in [-0.39, 0.29) is 23.9 Å². The minimum Gasteiger partial charge on any atom is -0.458 e. The lowest BCUT2D eigenvalue weighted by Gasteiger charge is -2.49. The third-order valence-electron chi connectivity index (χ3n) is 7.68. The highest BCUT2D eigenvalue weighted by atomic mass is 16.5. The van der Waals surface area contributed by atoms with Gasteiger partial charge in [-0.15, -0.1) is 0 Å². The standard InChI is InChI=1S/C24H26O6/c1-13-9-18-17-6-5-15-10-16(26)7-8-22(15,3)21(17)19(27)11-23(18,4)24(13,29)20(28)12-30-14(2)25/h5-8,10,13,18,29H,9,11-12H2,1-4H3/t13?,18-,22-,23-,24-/m0/s1. The van der Waals surface area contributed by atoms with Crippen LogP contribution in [0, 0.1) is 22.7 Å². The van der Waals surface area contributed by atoms with Crippen LogP contribution in [0.25, 0.3) is 0 Å². The molecule has 0 aromatic heterocycles. The van der Waals surface area contributed by atoms with Gasteiger partial charge in [0, 0.05) is 29.7 Å². The SMILES string of the molecule is CC(=O)OCC(=O)[C@@]1(O)C(C)C[C@H]2C3=C(C(=O)C[C@@]21C)[C@@]1(C)C=CC(=O)C=C1C=C3. The molecule has 5 atom stereocenters. The van der Waals surface area contributed by atoms with Crippen molar-refractivity contribution in [2.75, 3.05) is 6.61 Å². The second-order valence-electron chi connectivity index (χ2n) is 9.38. The van der Waals surface area contributed by atoms with Crippen molar-refractivity contribution in [3.8, 4) is 0 Å². The fourth-order valence-electron chi connectivity index (χ4n) is 6.08. The number of hydrogen-bond acceptors (Lipinski definition) is 6. The first-order valence-corrected chi connectivity index (χ1v) is 10.3. The molecule has 4 aliphatic rings. The Morgan fingerprint density at radius 1 is 1.20 bits per heavy atom. The molecule has 1 N–H and O–H groups in total. The zero-order valence-corrected chi connectivity index (χ0v) is 17.7. The lowest BCUT2D eigenvalue weighted by atomic mass is 9.54. The van der Waals surface area contributed by atoms with E-state index in [4.69, 9.17) is 4.74 Å². The summed E-state index contributed by atoms with van der Waals surface area (Å²) in [6, 6.07) is 0. The Hall–Kier alpha value is -2.60. The third kappa shape index (κ3) is 2.52. The zero-order valence-electron chi connectivity index (χ0n) is 17.7.